The van der Waals surface area contributed by atoms with Crippen LogP contribution in [0.3, 0.4) is 0 Å². The second-order valence-electron chi connectivity index (χ2n) is 25.9. The van der Waals surface area contributed by atoms with Gasteiger partial charge in [0.2, 0.25) is 5.91 Å². The molecule has 85 heavy (non-hydrogen) atoms. The Balaban J connectivity index is 4.04. The number of phosphoric acid groups is 1. The number of quaternary nitrogens is 1. The second-order valence-corrected chi connectivity index (χ2v) is 27.4. The van der Waals surface area contributed by atoms with Gasteiger partial charge in [0, 0.05) is 6.42 Å². The number of hydrogen-bond acceptors (Lipinski definition) is 5. The number of amides is 1. The quantitative estimate of drug-likeness (QED) is 0.0243. The lowest BCUT2D eigenvalue weighted by Gasteiger charge is -2.25. The van der Waals surface area contributed by atoms with Crippen LogP contribution in [0.4, 0.5) is 0 Å². The number of phosphoric ester groups is 1. The maximum absolute atomic E-state index is 13.1. The summed E-state index contributed by atoms with van der Waals surface area (Å²) in [6.07, 6.45) is 94.7. The van der Waals surface area contributed by atoms with Crippen molar-refractivity contribution >= 4 is 13.7 Å². The summed E-state index contributed by atoms with van der Waals surface area (Å²) in [5, 5.41) is 14.0. The summed E-state index contributed by atoms with van der Waals surface area (Å²) < 4.78 is 23.8. The number of unbranched alkanes of at least 4 members (excludes halogenated alkanes) is 42. The number of hydrogen-bond donors (Lipinski definition) is 3. The summed E-state index contributed by atoms with van der Waals surface area (Å²) >= 11 is 0. The Morgan fingerprint density at radius 2 is 0.718 bits per heavy atom. The molecule has 3 unspecified atom stereocenters. The van der Waals surface area contributed by atoms with Crippen molar-refractivity contribution in [3.8, 4) is 0 Å². The van der Waals surface area contributed by atoms with Crippen LogP contribution in [0.15, 0.2) is 85.1 Å². The van der Waals surface area contributed by atoms with Gasteiger partial charge in [0.25, 0.3) is 0 Å². The Morgan fingerprint density at radius 1 is 0.412 bits per heavy atom. The van der Waals surface area contributed by atoms with Gasteiger partial charge in [0.05, 0.1) is 39.9 Å². The van der Waals surface area contributed by atoms with Crippen molar-refractivity contribution in [2.45, 2.75) is 353 Å². The van der Waals surface area contributed by atoms with Crippen molar-refractivity contribution in [2.75, 3.05) is 40.9 Å². The molecule has 0 aromatic heterocycles. The molecule has 0 heterocycles. The van der Waals surface area contributed by atoms with Crippen LogP contribution >= 0.6 is 7.82 Å². The molecule has 0 bridgehead atoms. The number of carbonyl (C=O) groups excluding carboxylic acids is 1. The lowest BCUT2D eigenvalue weighted by molar-refractivity contribution is -0.870. The van der Waals surface area contributed by atoms with Gasteiger partial charge in [-0.3, -0.25) is 13.8 Å². The van der Waals surface area contributed by atoms with E-state index in [0.717, 1.165) is 70.6 Å². The molecular formula is C76H142N2O6P+. The Morgan fingerprint density at radius 3 is 1.08 bits per heavy atom. The highest BCUT2D eigenvalue weighted by atomic mass is 31.2. The normalized spacial score (nSPS) is 14.1. The fourth-order valence-corrected chi connectivity index (χ4v) is 11.5. The molecule has 0 aromatic rings. The number of rotatable bonds is 67. The van der Waals surface area contributed by atoms with Crippen LogP contribution < -0.4 is 5.32 Å². The largest absolute Gasteiger partial charge is 0.472 e. The van der Waals surface area contributed by atoms with E-state index in [1.807, 2.05) is 27.2 Å². The van der Waals surface area contributed by atoms with Gasteiger partial charge in [-0.05, 0) is 83.5 Å². The molecule has 0 rings (SSSR count). The molecule has 0 spiro atoms. The maximum atomic E-state index is 13.1. The van der Waals surface area contributed by atoms with Gasteiger partial charge in [0.1, 0.15) is 13.2 Å². The number of aliphatic hydroxyl groups is 1. The Labute approximate surface area is 528 Å². The molecule has 496 valence electrons. The fourth-order valence-electron chi connectivity index (χ4n) is 10.7. The first-order valence-electron chi connectivity index (χ1n) is 36.5. The van der Waals surface area contributed by atoms with Crippen LogP contribution in [-0.4, -0.2) is 73.4 Å². The van der Waals surface area contributed by atoms with E-state index in [4.69, 9.17) is 9.05 Å². The number of nitrogens with zero attached hydrogens (tertiary/aromatic N) is 1. The van der Waals surface area contributed by atoms with Crippen LogP contribution in [0.5, 0.6) is 0 Å². The standard InChI is InChI=1S/C76H141N2O6P/c1-6-8-10-12-14-16-18-20-22-24-26-28-30-32-34-35-36-37-38-39-40-41-42-43-44-46-48-50-52-54-56-58-60-62-64-66-68-70-76(80)77-74(73-84-85(81,82)83-72-71-78(3,4)5)75(79)69-67-65-63-61-59-57-55-53-51-49-47-45-33-31-29-27-25-23-21-19-17-15-13-11-9-7-2/h8,10,14,16,20,22,26,28,51,53,59,61,67,69,74-75,79H,6-7,9,11-13,15,17-19,21,23-25,27,29-50,52,54-58,60,62-66,68,70-73H2,1-5H3,(H-,77,80,81,82)/p+1/b10-8-,16-14-,22-20-,28-26-,53-51+,61-59+,69-67+. The van der Waals surface area contributed by atoms with E-state index < -0.39 is 20.0 Å². The van der Waals surface area contributed by atoms with Gasteiger partial charge in [-0.25, -0.2) is 4.57 Å². The zero-order valence-electron chi connectivity index (χ0n) is 56.8. The predicted octanol–water partition coefficient (Wildman–Crippen LogP) is 23.5. The summed E-state index contributed by atoms with van der Waals surface area (Å²) in [4.78, 5) is 23.4. The number of likely N-dealkylation sites (N-methyl/N-ethyl adjacent to an activating group) is 1. The van der Waals surface area contributed by atoms with Gasteiger partial charge >= 0.3 is 7.82 Å². The van der Waals surface area contributed by atoms with Gasteiger partial charge in [0.15, 0.2) is 0 Å². The van der Waals surface area contributed by atoms with Gasteiger partial charge < -0.3 is 19.8 Å². The lowest BCUT2D eigenvalue weighted by Crippen LogP contribution is -2.45. The van der Waals surface area contributed by atoms with Gasteiger partial charge in [-0.1, -0.05) is 336 Å². The van der Waals surface area contributed by atoms with E-state index in [2.05, 4.69) is 92.1 Å². The summed E-state index contributed by atoms with van der Waals surface area (Å²) in [5.74, 6) is -0.186. The van der Waals surface area contributed by atoms with Crippen LogP contribution in [0.25, 0.3) is 0 Å². The van der Waals surface area contributed by atoms with Crippen LogP contribution in [0.1, 0.15) is 341 Å². The van der Waals surface area contributed by atoms with Crippen LogP contribution in [0.2, 0.25) is 0 Å². The smallest absolute Gasteiger partial charge is 0.387 e. The van der Waals surface area contributed by atoms with Crippen molar-refractivity contribution in [3.05, 3.63) is 85.1 Å². The van der Waals surface area contributed by atoms with Crippen molar-refractivity contribution in [3.63, 3.8) is 0 Å². The molecule has 0 saturated carbocycles. The van der Waals surface area contributed by atoms with Crippen LogP contribution in [0, 0.1) is 0 Å². The molecule has 0 aliphatic heterocycles. The molecule has 0 aliphatic rings. The van der Waals surface area contributed by atoms with Gasteiger partial charge in [-0.15, -0.1) is 0 Å². The zero-order chi connectivity index (χ0) is 61.9. The Hall–Kier alpha value is -2.32. The highest BCUT2D eigenvalue weighted by Crippen LogP contribution is 2.43. The highest BCUT2D eigenvalue weighted by molar-refractivity contribution is 7.47. The highest BCUT2D eigenvalue weighted by Gasteiger charge is 2.28. The average Bonchev–Trinajstić information content (AvgIpc) is 3.49. The van der Waals surface area contributed by atoms with E-state index in [1.54, 1.807) is 6.08 Å². The molecule has 0 saturated heterocycles. The topological polar surface area (TPSA) is 105 Å². The Bertz CT molecular complexity index is 1660. The minimum absolute atomic E-state index is 0.0529. The first kappa shape index (κ1) is 82.7. The Kier molecular flexibility index (Phi) is 64.3. The number of nitrogens with one attached hydrogen (secondary N) is 1. The first-order valence-corrected chi connectivity index (χ1v) is 38.0. The van der Waals surface area contributed by atoms with Crippen molar-refractivity contribution in [1.29, 1.82) is 0 Å². The molecule has 0 aromatic carbocycles. The lowest BCUT2D eigenvalue weighted by atomic mass is 10.0. The number of carbonyl (C=O) groups is 1. The monoisotopic (exact) mass is 1210 g/mol. The van der Waals surface area contributed by atoms with E-state index in [-0.39, 0.29) is 19.1 Å². The van der Waals surface area contributed by atoms with Crippen molar-refractivity contribution in [2.24, 2.45) is 0 Å². The molecule has 1 amide bonds. The summed E-state index contributed by atoms with van der Waals surface area (Å²) in [5.41, 5.74) is 0. The maximum Gasteiger partial charge on any atom is 0.472 e. The third-order valence-corrected chi connectivity index (χ3v) is 17.3. The third-order valence-electron chi connectivity index (χ3n) is 16.3. The molecular weight excluding hydrogens is 1070 g/mol. The molecule has 8 nitrogen and oxygen atoms in total. The molecule has 0 fully saturated rings. The second kappa shape index (κ2) is 66.1. The molecule has 9 heteroatoms. The summed E-state index contributed by atoms with van der Waals surface area (Å²) in [6, 6.07) is -0.873. The van der Waals surface area contributed by atoms with E-state index in [9.17, 15) is 19.4 Å². The van der Waals surface area contributed by atoms with Crippen molar-refractivity contribution < 1.29 is 32.9 Å². The molecule has 0 radical (unpaired) electrons. The SMILES string of the molecule is CC/C=C\C/C=C\C/C=C\C/C=C\CCCCCCCCCCCCCCCCCCCCCCCCCCC(=O)NC(COP(=O)(O)OCC[N+](C)(C)C)C(O)/C=C/CC/C=C/CC/C=C/CCCCCCCCCCCCCCCCCC. The molecule has 3 N–H and O–H groups in total. The average molecular weight is 1210 g/mol. The summed E-state index contributed by atoms with van der Waals surface area (Å²) in [6.45, 7) is 4.71. The zero-order valence-corrected chi connectivity index (χ0v) is 57.7. The van der Waals surface area contributed by atoms with Gasteiger partial charge in [-0.2, -0.15) is 0 Å². The van der Waals surface area contributed by atoms with E-state index in [1.165, 1.54) is 250 Å². The minimum atomic E-state index is -4.37. The number of aliphatic hydroxyl groups excluding tert-OH is 1. The van der Waals surface area contributed by atoms with Crippen LogP contribution in [-0.2, 0) is 18.4 Å². The van der Waals surface area contributed by atoms with E-state index in [0.29, 0.717) is 17.4 Å². The molecule has 3 atom stereocenters. The summed E-state index contributed by atoms with van der Waals surface area (Å²) in [7, 11) is 1.55. The fraction of sp³-hybridized carbons (Fsp3) is 0.803. The first-order chi connectivity index (χ1) is 41.5. The van der Waals surface area contributed by atoms with Crippen molar-refractivity contribution in [1.82, 2.24) is 5.32 Å². The predicted molar refractivity (Wildman–Crippen MR) is 373 cm³/mol. The number of allylic oxidation sites excluding steroid dienone is 13. The third kappa shape index (κ3) is 69.0. The minimum Gasteiger partial charge on any atom is -0.387 e. The molecule has 0 aliphatic carbocycles. The van der Waals surface area contributed by atoms with E-state index >= 15 is 0 Å².